The van der Waals surface area contributed by atoms with Crippen LogP contribution in [0.15, 0.2) is 36.7 Å². The lowest BCUT2D eigenvalue weighted by Gasteiger charge is -2.32. The largest absolute Gasteiger partial charge is 0.348 e. The topological polar surface area (TPSA) is 49.0 Å². The van der Waals surface area contributed by atoms with Crippen molar-refractivity contribution in [1.29, 1.82) is 0 Å². The minimum Gasteiger partial charge on any atom is -0.348 e. The van der Waals surface area contributed by atoms with E-state index in [2.05, 4.69) is 9.97 Å². The average molecular weight is 347 g/mol. The zero-order chi connectivity index (χ0) is 16.8. The van der Waals surface area contributed by atoms with Crippen molar-refractivity contribution in [2.45, 2.75) is 30.9 Å². The number of halogens is 1. The summed E-state index contributed by atoms with van der Waals surface area (Å²) < 4.78 is 12.9. The average Bonchev–Trinajstić information content (AvgIpc) is 3.15. The van der Waals surface area contributed by atoms with Gasteiger partial charge in [-0.15, -0.1) is 0 Å². The number of benzene rings is 1. The molecule has 1 saturated heterocycles. The van der Waals surface area contributed by atoms with Crippen molar-refractivity contribution >= 4 is 17.7 Å². The van der Waals surface area contributed by atoms with Crippen molar-refractivity contribution in [2.24, 2.45) is 0 Å². The molecule has 0 spiro atoms. The Morgan fingerprint density at radius 2 is 2.21 bits per heavy atom. The Morgan fingerprint density at radius 1 is 1.38 bits per heavy atom. The summed E-state index contributed by atoms with van der Waals surface area (Å²) >= 11 is 1.71. The summed E-state index contributed by atoms with van der Waals surface area (Å²) in [7, 11) is 0. The van der Waals surface area contributed by atoms with Crippen LogP contribution in [0.1, 0.15) is 36.6 Å². The van der Waals surface area contributed by atoms with Gasteiger partial charge in [-0.3, -0.25) is 4.79 Å². The number of rotatable bonds is 6. The number of aromatic amines is 1. The standard InChI is InChI=1S/C18H22FN3OS/c19-16-5-3-14(4-6-16)13-24-11-7-17(23)22-10-1-2-15(12-22)18-20-8-9-21-18/h3-6,8-9,15H,1-2,7,10-13H2,(H,20,21)/t15-/m1/s1. The van der Waals surface area contributed by atoms with Gasteiger partial charge in [-0.2, -0.15) is 11.8 Å². The number of thioether (sulfide) groups is 1. The van der Waals surface area contributed by atoms with Gasteiger partial charge in [0.1, 0.15) is 11.6 Å². The van der Waals surface area contributed by atoms with Crippen LogP contribution in [0.25, 0.3) is 0 Å². The van der Waals surface area contributed by atoms with Crippen molar-refractivity contribution in [3.05, 3.63) is 53.9 Å². The first kappa shape index (κ1) is 17.0. The number of H-pyrrole nitrogens is 1. The summed E-state index contributed by atoms with van der Waals surface area (Å²) in [6, 6.07) is 6.54. The third-order valence-electron chi connectivity index (χ3n) is 4.32. The van der Waals surface area contributed by atoms with Crippen LogP contribution >= 0.6 is 11.8 Å². The van der Waals surface area contributed by atoms with Crippen LogP contribution in [0.4, 0.5) is 4.39 Å². The molecule has 1 amide bonds. The Kier molecular flexibility index (Phi) is 5.91. The molecule has 0 bridgehead atoms. The lowest BCUT2D eigenvalue weighted by atomic mass is 9.97. The fourth-order valence-electron chi connectivity index (χ4n) is 3.02. The van der Waals surface area contributed by atoms with E-state index in [9.17, 15) is 9.18 Å². The molecule has 6 heteroatoms. The second-order valence-corrected chi connectivity index (χ2v) is 7.19. The molecule has 1 aliphatic rings. The number of piperidine rings is 1. The molecule has 0 radical (unpaired) electrons. The van der Waals surface area contributed by atoms with Crippen molar-refractivity contribution in [1.82, 2.24) is 14.9 Å². The number of carbonyl (C=O) groups excluding carboxylic acids is 1. The first-order valence-electron chi connectivity index (χ1n) is 8.31. The van der Waals surface area contributed by atoms with Crippen LogP contribution in [-0.4, -0.2) is 39.6 Å². The lowest BCUT2D eigenvalue weighted by Crippen LogP contribution is -2.39. The Balaban J connectivity index is 1.40. The number of carbonyl (C=O) groups is 1. The maximum atomic E-state index is 12.9. The Hall–Kier alpha value is -1.82. The van der Waals surface area contributed by atoms with E-state index >= 15 is 0 Å². The number of imidazole rings is 1. The van der Waals surface area contributed by atoms with E-state index in [0.29, 0.717) is 12.3 Å². The summed E-state index contributed by atoms with van der Waals surface area (Å²) in [5.74, 6) is 2.91. The van der Waals surface area contributed by atoms with E-state index in [1.165, 1.54) is 12.1 Å². The molecule has 1 N–H and O–H groups in total. The summed E-state index contributed by atoms with van der Waals surface area (Å²) in [5, 5.41) is 0. The Labute approximate surface area is 145 Å². The number of hydrogen-bond acceptors (Lipinski definition) is 3. The third kappa shape index (κ3) is 4.60. The monoisotopic (exact) mass is 347 g/mol. The third-order valence-corrected chi connectivity index (χ3v) is 5.35. The summed E-state index contributed by atoms with van der Waals surface area (Å²) in [4.78, 5) is 21.9. The van der Waals surface area contributed by atoms with Gasteiger partial charge < -0.3 is 9.88 Å². The van der Waals surface area contributed by atoms with Gasteiger partial charge in [0.2, 0.25) is 5.91 Å². The molecule has 1 aliphatic heterocycles. The van der Waals surface area contributed by atoms with Gasteiger partial charge in [-0.05, 0) is 30.5 Å². The van der Waals surface area contributed by atoms with Gasteiger partial charge >= 0.3 is 0 Å². The molecule has 1 aromatic heterocycles. The predicted molar refractivity (Wildman–Crippen MR) is 94.3 cm³/mol. The number of likely N-dealkylation sites (tertiary alicyclic amines) is 1. The molecule has 4 nitrogen and oxygen atoms in total. The summed E-state index contributed by atoms with van der Waals surface area (Å²) in [5.41, 5.74) is 1.09. The quantitative estimate of drug-likeness (QED) is 0.813. The van der Waals surface area contributed by atoms with Crippen molar-refractivity contribution in [3.8, 4) is 0 Å². The number of nitrogens with one attached hydrogen (secondary N) is 1. The first-order chi connectivity index (χ1) is 11.7. The predicted octanol–water partition coefficient (Wildman–Crippen LogP) is 3.58. The van der Waals surface area contributed by atoms with Crippen LogP contribution in [0.5, 0.6) is 0 Å². The van der Waals surface area contributed by atoms with Crippen molar-refractivity contribution < 1.29 is 9.18 Å². The molecule has 1 atom stereocenters. The van der Waals surface area contributed by atoms with E-state index in [4.69, 9.17) is 0 Å². The number of aromatic nitrogens is 2. The molecule has 2 heterocycles. The Bertz CT molecular complexity index is 645. The van der Waals surface area contributed by atoms with E-state index in [-0.39, 0.29) is 11.7 Å². The second kappa shape index (κ2) is 8.33. The zero-order valence-corrected chi connectivity index (χ0v) is 14.4. The minimum atomic E-state index is -0.213. The molecule has 3 rings (SSSR count). The number of nitrogens with zero attached hydrogens (tertiary/aromatic N) is 2. The maximum absolute atomic E-state index is 12.9. The molecule has 1 aromatic carbocycles. The van der Waals surface area contributed by atoms with Gasteiger partial charge in [0.25, 0.3) is 0 Å². The van der Waals surface area contributed by atoms with Gasteiger partial charge in [0.05, 0.1) is 0 Å². The minimum absolute atomic E-state index is 0.213. The first-order valence-corrected chi connectivity index (χ1v) is 9.47. The molecule has 0 aliphatic carbocycles. The van der Waals surface area contributed by atoms with Crippen molar-refractivity contribution in [3.63, 3.8) is 0 Å². The molecular formula is C18H22FN3OS. The maximum Gasteiger partial charge on any atom is 0.223 e. The smallest absolute Gasteiger partial charge is 0.223 e. The fraction of sp³-hybridized carbons (Fsp3) is 0.444. The van der Waals surface area contributed by atoms with Crippen LogP contribution in [0.2, 0.25) is 0 Å². The van der Waals surface area contributed by atoms with Crippen LogP contribution in [-0.2, 0) is 10.5 Å². The number of hydrogen-bond donors (Lipinski definition) is 1. The summed E-state index contributed by atoms with van der Waals surface area (Å²) in [6.45, 7) is 1.60. The van der Waals surface area contributed by atoms with Gasteiger partial charge in [0, 0.05) is 49.3 Å². The van der Waals surface area contributed by atoms with Crippen molar-refractivity contribution in [2.75, 3.05) is 18.8 Å². The van der Waals surface area contributed by atoms with Gasteiger partial charge in [0.15, 0.2) is 0 Å². The van der Waals surface area contributed by atoms with E-state index < -0.39 is 0 Å². The van der Waals surface area contributed by atoms with Crippen LogP contribution < -0.4 is 0 Å². The second-order valence-electron chi connectivity index (χ2n) is 6.08. The highest BCUT2D eigenvalue weighted by Gasteiger charge is 2.25. The number of amides is 1. The molecule has 0 saturated carbocycles. The van der Waals surface area contributed by atoms with E-state index in [0.717, 1.165) is 48.8 Å². The molecule has 128 valence electrons. The van der Waals surface area contributed by atoms with E-state index in [1.54, 1.807) is 30.1 Å². The molecule has 2 aromatic rings. The SMILES string of the molecule is O=C(CCSCc1ccc(F)cc1)N1CCC[C@@H](c2ncc[nH]2)C1. The highest BCUT2D eigenvalue weighted by Crippen LogP contribution is 2.25. The van der Waals surface area contributed by atoms with Crippen LogP contribution in [0, 0.1) is 5.82 Å². The molecule has 0 unspecified atom stereocenters. The van der Waals surface area contributed by atoms with Gasteiger partial charge in [-0.25, -0.2) is 9.37 Å². The molecule has 24 heavy (non-hydrogen) atoms. The fourth-order valence-corrected chi connectivity index (χ4v) is 3.91. The summed E-state index contributed by atoms with van der Waals surface area (Å²) in [6.07, 6.45) is 6.26. The van der Waals surface area contributed by atoms with E-state index in [1.807, 2.05) is 11.1 Å². The van der Waals surface area contributed by atoms with Gasteiger partial charge in [-0.1, -0.05) is 12.1 Å². The highest BCUT2D eigenvalue weighted by molar-refractivity contribution is 7.98. The molecular weight excluding hydrogens is 325 g/mol. The van der Waals surface area contributed by atoms with Crippen LogP contribution in [0.3, 0.4) is 0 Å². The normalized spacial score (nSPS) is 17.9. The zero-order valence-electron chi connectivity index (χ0n) is 13.6. The lowest BCUT2D eigenvalue weighted by molar-refractivity contribution is -0.131. The highest BCUT2D eigenvalue weighted by atomic mass is 32.2. The Morgan fingerprint density at radius 3 is 2.96 bits per heavy atom. The molecule has 1 fully saturated rings.